The van der Waals surface area contributed by atoms with E-state index in [2.05, 4.69) is 15.5 Å². The second-order valence-corrected chi connectivity index (χ2v) is 11.3. The zero-order valence-electron chi connectivity index (χ0n) is 23.6. The number of aryl methyl sites for hydroxylation is 2. The SMILES string of the molecule is Cc1cc(F)c(CNC(=O)c2cn3c(c(O)c2=O)C(=O)N2C[C@@H]3[C@]3(CC[C@@H]2C)CC(=O)N(Cc2cnn(C)n2)O3)c(F)c1. The number of halogens is 2. The molecule has 0 unspecified atom stereocenters. The van der Waals surface area contributed by atoms with Gasteiger partial charge in [-0.15, -0.1) is 0 Å². The predicted molar refractivity (Wildman–Crippen MR) is 143 cm³/mol. The lowest BCUT2D eigenvalue weighted by molar-refractivity contribution is -0.218. The molecule has 2 aromatic heterocycles. The van der Waals surface area contributed by atoms with Gasteiger partial charge in [-0.2, -0.15) is 15.0 Å². The molecule has 3 atom stereocenters. The van der Waals surface area contributed by atoms with E-state index in [1.54, 1.807) is 7.05 Å². The molecule has 3 aliphatic rings. The number of rotatable bonds is 5. The van der Waals surface area contributed by atoms with Crippen LogP contribution in [0.15, 0.2) is 29.3 Å². The standard InChI is InChI=1S/C28H29F2N7O6/c1-14-6-19(29)17(20(30)7-14)10-31-26(41)18-12-36-21-13-35(27(42)23(36)25(40)24(18)39)15(2)4-5-28(21)8-22(38)37(43-28)11-16-9-32-34(3)33-16/h6-7,9,12,15,21,40H,4-5,8,10-11,13H2,1-3H3,(H,31,41)/t15-,21+,28-/m0/s1. The van der Waals surface area contributed by atoms with E-state index in [9.17, 15) is 33.1 Å². The fraction of sp³-hybridized carbons (Fsp3) is 0.429. The first-order valence-electron chi connectivity index (χ1n) is 13.7. The van der Waals surface area contributed by atoms with E-state index in [4.69, 9.17) is 4.84 Å². The maximum Gasteiger partial charge on any atom is 0.274 e. The number of fused-ring (bicyclic) bond motifs is 5. The number of nitrogens with zero attached hydrogens (tertiary/aromatic N) is 6. The van der Waals surface area contributed by atoms with Gasteiger partial charge in [0.2, 0.25) is 11.3 Å². The number of hydrogen-bond donors (Lipinski definition) is 2. The van der Waals surface area contributed by atoms with Crippen LogP contribution in [-0.4, -0.2) is 70.5 Å². The van der Waals surface area contributed by atoms with Crippen LogP contribution in [0.4, 0.5) is 8.78 Å². The van der Waals surface area contributed by atoms with Crippen LogP contribution in [0.1, 0.15) is 69.9 Å². The Bertz CT molecular complexity index is 1720. The fourth-order valence-electron chi connectivity index (χ4n) is 6.16. The highest BCUT2D eigenvalue weighted by Crippen LogP contribution is 2.47. The van der Waals surface area contributed by atoms with E-state index in [1.807, 2.05) is 6.92 Å². The van der Waals surface area contributed by atoms with E-state index >= 15 is 0 Å². The molecule has 1 spiro atoms. The lowest BCUT2D eigenvalue weighted by Gasteiger charge is -2.42. The quantitative estimate of drug-likeness (QED) is 0.449. The van der Waals surface area contributed by atoms with Crippen LogP contribution in [-0.2, 0) is 29.8 Å². The molecule has 0 saturated carbocycles. The summed E-state index contributed by atoms with van der Waals surface area (Å²) in [5, 5.41) is 22.7. The Morgan fingerprint density at radius 3 is 2.63 bits per heavy atom. The minimum atomic E-state index is -1.18. The van der Waals surface area contributed by atoms with Crippen molar-refractivity contribution in [2.45, 2.75) is 63.9 Å². The number of carbonyl (C=O) groups excluding carboxylic acids is 3. The highest BCUT2D eigenvalue weighted by molar-refractivity contribution is 5.99. The molecule has 2 N–H and O–H groups in total. The molecule has 0 radical (unpaired) electrons. The van der Waals surface area contributed by atoms with E-state index in [-0.39, 0.29) is 37.2 Å². The summed E-state index contributed by atoms with van der Waals surface area (Å²) < 4.78 is 30.1. The maximum absolute atomic E-state index is 14.4. The molecule has 1 aromatic carbocycles. The Labute approximate surface area is 243 Å². The summed E-state index contributed by atoms with van der Waals surface area (Å²) in [5.41, 5.74) is -2.70. The van der Waals surface area contributed by atoms with Crippen molar-refractivity contribution in [1.82, 2.24) is 34.8 Å². The van der Waals surface area contributed by atoms with Crippen LogP contribution in [0.2, 0.25) is 0 Å². The lowest BCUT2D eigenvalue weighted by atomic mass is 9.85. The van der Waals surface area contributed by atoms with Gasteiger partial charge in [0, 0.05) is 37.9 Å². The summed E-state index contributed by atoms with van der Waals surface area (Å²) in [4.78, 5) is 62.3. The highest BCUT2D eigenvalue weighted by Gasteiger charge is 2.56. The molecule has 2 fully saturated rings. The van der Waals surface area contributed by atoms with Crippen LogP contribution < -0.4 is 10.7 Å². The maximum atomic E-state index is 14.4. The second-order valence-electron chi connectivity index (χ2n) is 11.3. The van der Waals surface area contributed by atoms with Gasteiger partial charge in [-0.05, 0) is 44.4 Å². The van der Waals surface area contributed by atoms with Gasteiger partial charge in [0.1, 0.15) is 28.5 Å². The van der Waals surface area contributed by atoms with Gasteiger partial charge in [0.15, 0.2) is 11.4 Å². The minimum absolute atomic E-state index is 0.0292. The third-order valence-electron chi connectivity index (χ3n) is 8.43. The predicted octanol–water partition coefficient (Wildman–Crippen LogP) is 1.48. The molecule has 0 aliphatic carbocycles. The first kappa shape index (κ1) is 28.5. The van der Waals surface area contributed by atoms with E-state index in [0.717, 1.165) is 18.3 Å². The van der Waals surface area contributed by atoms with E-state index < -0.39 is 63.9 Å². The van der Waals surface area contributed by atoms with Crippen molar-refractivity contribution in [3.63, 3.8) is 0 Å². The van der Waals surface area contributed by atoms with Gasteiger partial charge in [-0.3, -0.25) is 24.0 Å². The zero-order valence-corrected chi connectivity index (χ0v) is 23.6. The monoisotopic (exact) mass is 597 g/mol. The van der Waals surface area contributed by atoms with E-state index in [0.29, 0.717) is 24.1 Å². The minimum Gasteiger partial charge on any atom is -0.503 e. The third-order valence-corrected chi connectivity index (χ3v) is 8.43. The van der Waals surface area contributed by atoms with Crippen molar-refractivity contribution in [3.8, 4) is 5.75 Å². The number of nitrogens with one attached hydrogen (secondary N) is 1. The molecule has 13 nitrogen and oxygen atoms in total. The number of benzene rings is 1. The smallest absolute Gasteiger partial charge is 0.274 e. The third kappa shape index (κ3) is 4.73. The number of aromatic hydroxyl groups is 1. The number of carbonyl (C=O) groups is 3. The number of amides is 3. The molecule has 3 aliphatic heterocycles. The molecule has 43 heavy (non-hydrogen) atoms. The van der Waals surface area contributed by atoms with Crippen LogP contribution >= 0.6 is 0 Å². The van der Waals surface area contributed by atoms with Gasteiger partial charge in [-0.1, -0.05) is 0 Å². The largest absolute Gasteiger partial charge is 0.503 e. The Morgan fingerprint density at radius 1 is 1.23 bits per heavy atom. The summed E-state index contributed by atoms with van der Waals surface area (Å²) in [6.45, 7) is 2.90. The zero-order chi connectivity index (χ0) is 30.8. The summed E-state index contributed by atoms with van der Waals surface area (Å²) in [6, 6.07) is 1.16. The Hall–Kier alpha value is -4.66. The molecule has 2 bridgehead atoms. The first-order valence-corrected chi connectivity index (χ1v) is 13.7. The Morgan fingerprint density at radius 2 is 1.95 bits per heavy atom. The number of aromatic nitrogens is 4. The molecular formula is C28H29F2N7O6. The van der Waals surface area contributed by atoms with Crippen molar-refractivity contribution >= 4 is 17.7 Å². The number of hydroxylamine groups is 2. The number of hydrogen-bond acceptors (Lipinski definition) is 8. The van der Waals surface area contributed by atoms with Crippen molar-refractivity contribution in [1.29, 1.82) is 0 Å². The Balaban J connectivity index is 1.37. The van der Waals surface area contributed by atoms with Crippen molar-refractivity contribution in [3.05, 3.63) is 74.5 Å². The van der Waals surface area contributed by atoms with Crippen LogP contribution in [0.5, 0.6) is 5.75 Å². The van der Waals surface area contributed by atoms with Gasteiger partial charge >= 0.3 is 0 Å². The summed E-state index contributed by atoms with van der Waals surface area (Å²) in [5.74, 6) is -4.60. The van der Waals surface area contributed by atoms with Gasteiger partial charge in [0.05, 0.1) is 25.2 Å². The van der Waals surface area contributed by atoms with Gasteiger partial charge < -0.3 is 19.9 Å². The molecule has 3 amide bonds. The van der Waals surface area contributed by atoms with Crippen molar-refractivity contribution in [2.24, 2.45) is 7.05 Å². The summed E-state index contributed by atoms with van der Waals surface area (Å²) in [7, 11) is 1.64. The van der Waals surface area contributed by atoms with Crippen LogP contribution in [0, 0.1) is 18.6 Å². The number of pyridine rings is 1. The average Bonchev–Trinajstić information content (AvgIpc) is 3.46. The van der Waals surface area contributed by atoms with Gasteiger partial charge in [-0.25, -0.2) is 13.8 Å². The molecular weight excluding hydrogens is 568 g/mol. The fourth-order valence-corrected chi connectivity index (χ4v) is 6.16. The van der Waals surface area contributed by atoms with Crippen LogP contribution in [0.25, 0.3) is 0 Å². The van der Waals surface area contributed by atoms with Crippen molar-refractivity contribution < 1.29 is 33.1 Å². The highest BCUT2D eigenvalue weighted by atomic mass is 19.1. The molecule has 3 aromatic rings. The van der Waals surface area contributed by atoms with Gasteiger partial charge in [0.25, 0.3) is 11.8 Å². The first-order chi connectivity index (χ1) is 20.4. The summed E-state index contributed by atoms with van der Waals surface area (Å²) >= 11 is 0. The molecule has 6 rings (SSSR count). The topological polar surface area (TPSA) is 152 Å². The molecule has 15 heteroatoms. The molecule has 5 heterocycles. The van der Waals surface area contributed by atoms with Crippen molar-refractivity contribution in [2.75, 3.05) is 6.54 Å². The lowest BCUT2D eigenvalue weighted by Crippen LogP contribution is -2.52. The average molecular weight is 598 g/mol. The second kappa shape index (κ2) is 10.3. The Kier molecular flexibility index (Phi) is 6.79. The van der Waals surface area contributed by atoms with E-state index in [1.165, 1.54) is 32.4 Å². The molecule has 226 valence electrons. The normalized spacial score (nSPS) is 23.1. The molecule has 2 saturated heterocycles. The van der Waals surface area contributed by atoms with Crippen LogP contribution in [0.3, 0.4) is 0 Å². The summed E-state index contributed by atoms with van der Waals surface area (Å²) in [6.07, 6.45) is 3.41.